The highest BCUT2D eigenvalue weighted by Crippen LogP contribution is 2.29. The maximum Gasteiger partial charge on any atom is 0.129 e. The Morgan fingerprint density at radius 2 is 2.00 bits per heavy atom. The first-order chi connectivity index (χ1) is 11.3. The number of aromatic nitrogens is 1. The summed E-state index contributed by atoms with van der Waals surface area (Å²) >= 11 is 0. The maximum absolute atomic E-state index is 5.49. The van der Waals surface area contributed by atoms with Crippen LogP contribution in [0.3, 0.4) is 0 Å². The Bertz CT molecular complexity index is 737. The van der Waals surface area contributed by atoms with E-state index in [0.717, 1.165) is 47.7 Å². The number of ether oxygens (including phenoxy) is 2. The van der Waals surface area contributed by atoms with Crippen LogP contribution in [0.1, 0.15) is 31.4 Å². The van der Waals surface area contributed by atoms with Crippen LogP contribution in [0.4, 0.5) is 0 Å². The van der Waals surface area contributed by atoms with E-state index in [2.05, 4.69) is 17.1 Å². The van der Waals surface area contributed by atoms with Gasteiger partial charge in [-0.1, -0.05) is 7.43 Å². The van der Waals surface area contributed by atoms with Gasteiger partial charge in [0.15, 0.2) is 0 Å². The fraction of sp³-hybridized carbons (Fsp3) is 0.300. The summed E-state index contributed by atoms with van der Waals surface area (Å²) in [6.07, 6.45) is 7.87. The number of nitrogens with zero attached hydrogens (tertiary/aromatic N) is 2. The molecule has 0 bridgehead atoms. The first kappa shape index (κ1) is 17.7. The average molecular weight is 324 g/mol. The van der Waals surface area contributed by atoms with Gasteiger partial charge in [-0.05, 0) is 48.8 Å². The molecule has 1 aromatic carbocycles. The predicted molar refractivity (Wildman–Crippen MR) is 99.1 cm³/mol. The molecule has 0 fully saturated rings. The van der Waals surface area contributed by atoms with Gasteiger partial charge in [-0.3, -0.25) is 9.98 Å². The molecule has 2 aromatic rings. The second-order valence-electron chi connectivity index (χ2n) is 5.35. The minimum absolute atomic E-state index is 0. The van der Waals surface area contributed by atoms with Crippen LogP contribution >= 0.6 is 0 Å². The summed E-state index contributed by atoms with van der Waals surface area (Å²) in [4.78, 5) is 8.92. The third-order valence-corrected chi connectivity index (χ3v) is 3.88. The summed E-state index contributed by atoms with van der Waals surface area (Å²) in [6.45, 7) is 0.862. The average Bonchev–Trinajstić information content (AvgIpc) is 2.63. The number of hydrogen-bond acceptors (Lipinski definition) is 4. The van der Waals surface area contributed by atoms with E-state index < -0.39 is 0 Å². The summed E-state index contributed by atoms with van der Waals surface area (Å²) < 4.78 is 10.8. The van der Waals surface area contributed by atoms with Gasteiger partial charge in [-0.15, -0.1) is 0 Å². The maximum atomic E-state index is 5.49. The van der Waals surface area contributed by atoms with Gasteiger partial charge in [0.25, 0.3) is 0 Å². The molecule has 1 aliphatic heterocycles. The zero-order valence-corrected chi connectivity index (χ0v) is 13.5. The molecule has 0 saturated heterocycles. The molecule has 0 aliphatic carbocycles. The molecule has 4 heteroatoms. The van der Waals surface area contributed by atoms with Crippen molar-refractivity contribution in [1.82, 2.24) is 4.98 Å². The molecule has 0 amide bonds. The normalized spacial score (nSPS) is 15.4. The first-order valence-electron chi connectivity index (χ1n) is 7.69. The van der Waals surface area contributed by atoms with Gasteiger partial charge < -0.3 is 9.47 Å². The van der Waals surface area contributed by atoms with Crippen LogP contribution in [0.5, 0.6) is 11.5 Å². The van der Waals surface area contributed by atoms with Crippen LogP contribution in [-0.2, 0) is 0 Å². The molecule has 0 atom stereocenters. The summed E-state index contributed by atoms with van der Waals surface area (Å²) in [5.41, 5.74) is 4.34. The first-order valence-corrected chi connectivity index (χ1v) is 7.69. The minimum Gasteiger partial charge on any atom is -0.497 e. The van der Waals surface area contributed by atoms with E-state index in [-0.39, 0.29) is 7.43 Å². The lowest BCUT2D eigenvalue weighted by molar-refractivity contribution is 0.393. The van der Waals surface area contributed by atoms with Gasteiger partial charge in [-0.2, -0.15) is 0 Å². The van der Waals surface area contributed by atoms with Crippen molar-refractivity contribution >= 4 is 11.8 Å². The van der Waals surface area contributed by atoms with Gasteiger partial charge in [0.1, 0.15) is 11.5 Å². The number of aliphatic imine (C=N–C) groups is 1. The number of pyridine rings is 1. The number of allylic oxidation sites excluding steroid dienone is 1. The number of benzene rings is 1. The topological polar surface area (TPSA) is 43.7 Å². The standard InChI is InChI=1S/C19H20N2O2.CH4/c1-22-17-8-7-14(18(12-17)23-2)11-15-5-4-10-21-19(15)16-6-3-9-20-13-16;/h3,6-9,11-13H,4-5,10H2,1-2H3;1H4/b15-11+;. The minimum atomic E-state index is 0. The highest BCUT2D eigenvalue weighted by atomic mass is 16.5. The van der Waals surface area contributed by atoms with Crippen LogP contribution < -0.4 is 9.47 Å². The summed E-state index contributed by atoms with van der Waals surface area (Å²) in [5.74, 6) is 1.58. The smallest absolute Gasteiger partial charge is 0.129 e. The van der Waals surface area contributed by atoms with E-state index in [9.17, 15) is 0 Å². The Kier molecular flexibility index (Phi) is 6.13. The lowest BCUT2D eigenvalue weighted by atomic mass is 9.94. The van der Waals surface area contributed by atoms with Crippen molar-refractivity contribution in [2.75, 3.05) is 20.8 Å². The Labute approximate surface area is 143 Å². The molecule has 0 spiro atoms. The third kappa shape index (κ3) is 3.82. The van der Waals surface area contributed by atoms with Gasteiger partial charge in [0.2, 0.25) is 0 Å². The van der Waals surface area contributed by atoms with Gasteiger partial charge >= 0.3 is 0 Å². The van der Waals surface area contributed by atoms with Crippen molar-refractivity contribution in [2.24, 2.45) is 4.99 Å². The van der Waals surface area contributed by atoms with Gasteiger partial charge in [-0.25, -0.2) is 0 Å². The van der Waals surface area contributed by atoms with Crippen molar-refractivity contribution in [3.05, 3.63) is 59.4 Å². The molecule has 3 rings (SSSR count). The molecule has 1 aliphatic rings. The molecule has 4 nitrogen and oxygen atoms in total. The Hall–Kier alpha value is -2.62. The molecule has 2 heterocycles. The molecule has 0 saturated carbocycles. The van der Waals surface area contributed by atoms with Crippen molar-refractivity contribution < 1.29 is 9.47 Å². The number of hydrogen-bond donors (Lipinski definition) is 0. The largest absolute Gasteiger partial charge is 0.497 e. The molecule has 0 unspecified atom stereocenters. The third-order valence-electron chi connectivity index (χ3n) is 3.88. The lowest BCUT2D eigenvalue weighted by Gasteiger charge is -2.17. The fourth-order valence-corrected chi connectivity index (χ4v) is 2.73. The molecule has 1 aromatic heterocycles. The van der Waals surface area contributed by atoms with Crippen molar-refractivity contribution in [3.63, 3.8) is 0 Å². The highest BCUT2D eigenvalue weighted by Gasteiger charge is 2.15. The summed E-state index contributed by atoms with van der Waals surface area (Å²) in [7, 11) is 3.33. The Balaban J connectivity index is 0.00000208. The van der Waals surface area contributed by atoms with E-state index >= 15 is 0 Å². The second-order valence-corrected chi connectivity index (χ2v) is 5.35. The Morgan fingerprint density at radius 3 is 2.71 bits per heavy atom. The predicted octanol–water partition coefficient (Wildman–Crippen LogP) is 4.40. The fourth-order valence-electron chi connectivity index (χ4n) is 2.73. The number of methoxy groups -OCH3 is 2. The summed E-state index contributed by atoms with van der Waals surface area (Å²) in [6, 6.07) is 9.85. The molecule has 0 N–H and O–H groups in total. The Morgan fingerprint density at radius 1 is 1.12 bits per heavy atom. The quantitative estimate of drug-likeness (QED) is 0.837. The van der Waals surface area contributed by atoms with Crippen molar-refractivity contribution in [2.45, 2.75) is 20.3 Å². The molecule has 0 radical (unpaired) electrons. The van der Waals surface area contributed by atoms with Gasteiger partial charge in [0, 0.05) is 36.1 Å². The zero-order chi connectivity index (χ0) is 16.1. The second kappa shape index (κ2) is 8.29. The zero-order valence-electron chi connectivity index (χ0n) is 13.5. The molecule has 126 valence electrons. The number of rotatable bonds is 4. The molecule has 24 heavy (non-hydrogen) atoms. The van der Waals surface area contributed by atoms with Crippen LogP contribution in [0.2, 0.25) is 0 Å². The monoisotopic (exact) mass is 324 g/mol. The van der Waals surface area contributed by atoms with Crippen molar-refractivity contribution in [1.29, 1.82) is 0 Å². The van der Waals surface area contributed by atoms with Crippen LogP contribution in [0.15, 0.2) is 53.3 Å². The van der Waals surface area contributed by atoms with E-state index in [1.807, 2.05) is 30.5 Å². The SMILES string of the molecule is C.COc1ccc(/C=C2\CCCN=C2c2cccnc2)c(OC)c1. The van der Waals surface area contributed by atoms with E-state index in [4.69, 9.17) is 14.5 Å². The highest BCUT2D eigenvalue weighted by molar-refractivity contribution is 6.15. The van der Waals surface area contributed by atoms with Crippen LogP contribution in [0.25, 0.3) is 6.08 Å². The van der Waals surface area contributed by atoms with Gasteiger partial charge in [0.05, 0.1) is 19.9 Å². The summed E-state index contributed by atoms with van der Waals surface area (Å²) in [5, 5.41) is 0. The molecular weight excluding hydrogens is 300 g/mol. The van der Waals surface area contributed by atoms with Crippen LogP contribution in [0, 0.1) is 0 Å². The van der Waals surface area contributed by atoms with Crippen LogP contribution in [-0.4, -0.2) is 31.5 Å². The molecular formula is C20H24N2O2. The van der Waals surface area contributed by atoms with E-state index in [0.29, 0.717) is 0 Å². The van der Waals surface area contributed by atoms with E-state index in [1.165, 1.54) is 5.57 Å². The van der Waals surface area contributed by atoms with E-state index in [1.54, 1.807) is 20.4 Å². The lowest BCUT2D eigenvalue weighted by Crippen LogP contribution is -2.12. The van der Waals surface area contributed by atoms with Crippen molar-refractivity contribution in [3.8, 4) is 11.5 Å².